The Bertz CT molecular complexity index is 574. The third kappa shape index (κ3) is 1.62. The van der Waals surface area contributed by atoms with Gasteiger partial charge in [0.25, 0.3) is 0 Å². The van der Waals surface area contributed by atoms with Crippen LogP contribution in [0.2, 0.25) is 5.02 Å². The lowest BCUT2D eigenvalue weighted by atomic mass is 10.1. The van der Waals surface area contributed by atoms with Crippen LogP contribution in [0.3, 0.4) is 0 Å². The monoisotopic (exact) mass is 247 g/mol. The van der Waals surface area contributed by atoms with Gasteiger partial charge in [0.05, 0.1) is 12.2 Å². The number of aryl methyl sites for hydroxylation is 2. The Kier molecular flexibility index (Phi) is 2.37. The summed E-state index contributed by atoms with van der Waals surface area (Å²) in [5.74, 6) is 0.561. The molecule has 0 fully saturated rings. The predicted octanol–water partition coefficient (Wildman–Crippen LogP) is 2.96. The van der Waals surface area contributed by atoms with Crippen LogP contribution in [0.4, 0.5) is 5.82 Å². The van der Waals surface area contributed by atoms with Crippen molar-refractivity contribution in [3.63, 3.8) is 0 Å². The zero-order valence-corrected chi connectivity index (χ0v) is 10.4. The number of benzene rings is 1. The number of nitrogens with two attached hydrogens (primary N) is 1. The first-order chi connectivity index (χ1) is 8.16. The van der Waals surface area contributed by atoms with Crippen LogP contribution in [0.5, 0.6) is 0 Å². The Morgan fingerprint density at radius 3 is 3.00 bits per heavy atom. The molecule has 88 valence electrons. The van der Waals surface area contributed by atoms with E-state index in [1.54, 1.807) is 6.20 Å². The summed E-state index contributed by atoms with van der Waals surface area (Å²) in [6.45, 7) is 2.11. The van der Waals surface area contributed by atoms with Crippen molar-refractivity contribution in [3.05, 3.63) is 46.1 Å². The fourth-order valence-electron chi connectivity index (χ4n) is 2.55. The van der Waals surface area contributed by atoms with Gasteiger partial charge in [-0.2, -0.15) is 5.10 Å². The number of fused-ring (bicyclic) bond motifs is 1. The molecule has 2 N–H and O–H groups in total. The van der Waals surface area contributed by atoms with Crippen molar-refractivity contribution in [2.45, 2.75) is 25.8 Å². The lowest BCUT2D eigenvalue weighted by Gasteiger charge is -2.14. The minimum absolute atomic E-state index is 0.234. The molecule has 0 spiro atoms. The average molecular weight is 248 g/mol. The van der Waals surface area contributed by atoms with Crippen molar-refractivity contribution in [3.8, 4) is 0 Å². The van der Waals surface area contributed by atoms with Gasteiger partial charge in [0.1, 0.15) is 10.8 Å². The smallest absolute Gasteiger partial charge is 0.141 e. The SMILES string of the molecule is Cc1ccc2c(c1)C(n1ncc(Cl)c1N)CC2. The molecule has 1 unspecified atom stereocenters. The normalized spacial score (nSPS) is 18.4. The van der Waals surface area contributed by atoms with E-state index in [-0.39, 0.29) is 6.04 Å². The molecule has 3 rings (SSSR count). The quantitative estimate of drug-likeness (QED) is 0.842. The van der Waals surface area contributed by atoms with Crippen LogP contribution in [0.1, 0.15) is 29.2 Å². The van der Waals surface area contributed by atoms with E-state index in [1.807, 2.05) is 4.68 Å². The number of hydrogen-bond acceptors (Lipinski definition) is 2. The van der Waals surface area contributed by atoms with E-state index in [1.165, 1.54) is 16.7 Å². The second-order valence-electron chi connectivity index (χ2n) is 4.58. The predicted molar refractivity (Wildman–Crippen MR) is 69.3 cm³/mol. The van der Waals surface area contributed by atoms with Crippen LogP contribution in [0.25, 0.3) is 0 Å². The summed E-state index contributed by atoms with van der Waals surface area (Å²) in [5, 5.41) is 4.82. The van der Waals surface area contributed by atoms with Crippen LogP contribution in [-0.4, -0.2) is 9.78 Å². The Balaban J connectivity index is 2.09. The average Bonchev–Trinajstić information content (AvgIpc) is 2.84. The Morgan fingerprint density at radius 1 is 1.47 bits per heavy atom. The maximum atomic E-state index is 5.96. The molecule has 1 aliphatic carbocycles. The molecular formula is C13H14ClN3. The van der Waals surface area contributed by atoms with E-state index < -0.39 is 0 Å². The molecule has 1 aliphatic rings. The van der Waals surface area contributed by atoms with Crippen LogP contribution in [0.15, 0.2) is 24.4 Å². The van der Waals surface area contributed by atoms with Crippen molar-refractivity contribution in [2.24, 2.45) is 0 Å². The van der Waals surface area contributed by atoms with Gasteiger partial charge in [-0.1, -0.05) is 35.4 Å². The van der Waals surface area contributed by atoms with Crippen LogP contribution >= 0.6 is 11.6 Å². The summed E-state index contributed by atoms with van der Waals surface area (Å²) < 4.78 is 1.84. The number of aromatic nitrogens is 2. The molecule has 0 amide bonds. The standard InChI is InChI=1S/C13H14ClN3/c1-8-2-3-9-4-5-12(10(9)6-8)17-13(15)11(14)7-16-17/h2-3,6-7,12H,4-5,15H2,1H3. The third-order valence-corrected chi connectivity index (χ3v) is 3.72. The van der Waals surface area contributed by atoms with E-state index >= 15 is 0 Å². The van der Waals surface area contributed by atoms with Crippen molar-refractivity contribution in [1.82, 2.24) is 9.78 Å². The van der Waals surface area contributed by atoms with Gasteiger partial charge in [-0.15, -0.1) is 0 Å². The van der Waals surface area contributed by atoms with E-state index in [9.17, 15) is 0 Å². The first-order valence-corrected chi connectivity index (χ1v) is 6.12. The highest BCUT2D eigenvalue weighted by Gasteiger charge is 2.26. The fraction of sp³-hybridized carbons (Fsp3) is 0.308. The van der Waals surface area contributed by atoms with Crippen LogP contribution in [-0.2, 0) is 6.42 Å². The number of nitrogen functional groups attached to an aromatic ring is 1. The van der Waals surface area contributed by atoms with E-state index in [4.69, 9.17) is 17.3 Å². The highest BCUT2D eigenvalue weighted by molar-refractivity contribution is 6.32. The summed E-state index contributed by atoms with van der Waals surface area (Å²) >= 11 is 5.96. The molecule has 1 heterocycles. The zero-order valence-electron chi connectivity index (χ0n) is 9.65. The number of anilines is 1. The molecule has 2 aromatic rings. The maximum Gasteiger partial charge on any atom is 0.141 e. The van der Waals surface area contributed by atoms with E-state index in [0.29, 0.717) is 10.8 Å². The Labute approximate surface area is 105 Å². The van der Waals surface area contributed by atoms with Gasteiger partial charge in [0, 0.05) is 0 Å². The fourth-order valence-corrected chi connectivity index (χ4v) is 2.68. The van der Waals surface area contributed by atoms with Gasteiger partial charge in [0.15, 0.2) is 0 Å². The largest absolute Gasteiger partial charge is 0.383 e. The molecule has 0 saturated heterocycles. The highest BCUT2D eigenvalue weighted by atomic mass is 35.5. The first kappa shape index (κ1) is 10.7. The van der Waals surface area contributed by atoms with Gasteiger partial charge in [-0.05, 0) is 30.9 Å². The lowest BCUT2D eigenvalue weighted by molar-refractivity contribution is 0.527. The molecule has 0 aliphatic heterocycles. The Hall–Kier alpha value is -1.48. The zero-order chi connectivity index (χ0) is 12.0. The number of rotatable bonds is 1. The summed E-state index contributed by atoms with van der Waals surface area (Å²) in [5.41, 5.74) is 9.94. The topological polar surface area (TPSA) is 43.8 Å². The van der Waals surface area contributed by atoms with Gasteiger partial charge in [0.2, 0.25) is 0 Å². The number of hydrogen-bond donors (Lipinski definition) is 1. The molecule has 3 nitrogen and oxygen atoms in total. The van der Waals surface area contributed by atoms with Gasteiger partial charge >= 0.3 is 0 Å². The molecule has 0 radical (unpaired) electrons. The third-order valence-electron chi connectivity index (χ3n) is 3.43. The lowest BCUT2D eigenvalue weighted by Crippen LogP contribution is -2.12. The van der Waals surface area contributed by atoms with Gasteiger partial charge < -0.3 is 5.73 Å². The molecule has 1 atom stereocenters. The van der Waals surface area contributed by atoms with Crippen LogP contribution in [0, 0.1) is 6.92 Å². The molecule has 1 aromatic carbocycles. The second-order valence-corrected chi connectivity index (χ2v) is 4.99. The molecule has 1 aromatic heterocycles. The minimum atomic E-state index is 0.234. The molecular weight excluding hydrogens is 234 g/mol. The minimum Gasteiger partial charge on any atom is -0.383 e. The molecule has 4 heteroatoms. The van der Waals surface area contributed by atoms with Crippen molar-refractivity contribution < 1.29 is 0 Å². The molecule has 17 heavy (non-hydrogen) atoms. The molecule has 0 saturated carbocycles. The van der Waals surface area contributed by atoms with E-state index in [2.05, 4.69) is 30.2 Å². The summed E-state index contributed by atoms with van der Waals surface area (Å²) in [4.78, 5) is 0. The summed E-state index contributed by atoms with van der Waals surface area (Å²) in [6.07, 6.45) is 3.74. The maximum absolute atomic E-state index is 5.96. The van der Waals surface area contributed by atoms with Gasteiger partial charge in [-0.25, -0.2) is 4.68 Å². The Morgan fingerprint density at radius 2 is 2.29 bits per heavy atom. The van der Waals surface area contributed by atoms with Crippen molar-refractivity contribution >= 4 is 17.4 Å². The number of nitrogens with zero attached hydrogens (tertiary/aromatic N) is 2. The molecule has 0 bridgehead atoms. The highest BCUT2D eigenvalue weighted by Crippen LogP contribution is 2.36. The van der Waals surface area contributed by atoms with Crippen LogP contribution < -0.4 is 5.73 Å². The number of halogens is 1. The second kappa shape index (κ2) is 3.77. The summed E-state index contributed by atoms with van der Waals surface area (Å²) in [6, 6.07) is 6.81. The first-order valence-electron chi connectivity index (χ1n) is 5.74. The van der Waals surface area contributed by atoms with Crippen molar-refractivity contribution in [1.29, 1.82) is 0 Å². The summed E-state index contributed by atoms with van der Waals surface area (Å²) in [7, 11) is 0. The van der Waals surface area contributed by atoms with E-state index in [0.717, 1.165) is 12.8 Å². The van der Waals surface area contributed by atoms with Gasteiger partial charge in [-0.3, -0.25) is 0 Å². The van der Waals surface area contributed by atoms with Crippen molar-refractivity contribution in [2.75, 3.05) is 5.73 Å².